The van der Waals surface area contributed by atoms with Crippen molar-refractivity contribution < 1.29 is 22.7 Å². The van der Waals surface area contributed by atoms with Crippen molar-refractivity contribution in [3.05, 3.63) is 28.2 Å². The van der Waals surface area contributed by atoms with E-state index in [1.54, 1.807) is 0 Å². The van der Waals surface area contributed by atoms with Crippen LogP contribution in [0.2, 0.25) is 0 Å². The second-order valence-corrected chi connectivity index (χ2v) is 6.80. The Hall–Kier alpha value is -0.960. The molecule has 0 radical (unpaired) electrons. The van der Waals surface area contributed by atoms with E-state index in [0.717, 1.165) is 12.8 Å². The van der Waals surface area contributed by atoms with Gasteiger partial charge in [-0.15, -0.1) is 0 Å². The van der Waals surface area contributed by atoms with E-state index in [1.807, 2.05) is 0 Å². The highest BCUT2D eigenvalue weighted by Crippen LogP contribution is 2.19. The molecule has 0 aliphatic carbocycles. The molecule has 0 spiro atoms. The molecule has 0 saturated carbocycles. The number of hydrogen-bond donors (Lipinski definition) is 1. The largest absolute Gasteiger partial charge is 0.460 e. The van der Waals surface area contributed by atoms with E-state index in [2.05, 4.69) is 22.9 Å². The number of unbranched alkanes of at least 4 members (excludes halogenated alkanes) is 1. The van der Waals surface area contributed by atoms with Gasteiger partial charge in [0.05, 0.1) is 17.1 Å². The van der Waals surface area contributed by atoms with E-state index in [0.29, 0.717) is 17.7 Å². The highest BCUT2D eigenvalue weighted by atomic mass is 79.9. The van der Waals surface area contributed by atoms with Gasteiger partial charge in [-0.05, 0) is 24.6 Å². The lowest BCUT2D eigenvalue weighted by Crippen LogP contribution is -2.15. The zero-order chi connectivity index (χ0) is 15.9. The Morgan fingerprint density at radius 2 is 1.95 bits per heavy atom. The summed E-state index contributed by atoms with van der Waals surface area (Å²) in [6, 6.07) is 3.97. The quantitative estimate of drug-likeness (QED) is 0.550. The molecule has 0 aliphatic heterocycles. The predicted octanol–water partition coefficient (Wildman–Crippen LogP) is 2.07. The standard InChI is InChI=1S/C13H18BrNO5S/c1-2-3-4-19-5-6-20-13(16)10-7-11(14)9-12(8-10)21(15,17)18/h7-9H,2-6H2,1H3,(H2,15,17,18). The smallest absolute Gasteiger partial charge is 0.338 e. The number of benzene rings is 1. The molecule has 0 fully saturated rings. The molecule has 1 aromatic carbocycles. The Morgan fingerprint density at radius 1 is 1.24 bits per heavy atom. The third kappa shape index (κ3) is 6.56. The third-order valence-corrected chi connectivity index (χ3v) is 3.89. The van der Waals surface area contributed by atoms with Crippen LogP contribution in [0.15, 0.2) is 27.6 Å². The first-order valence-electron chi connectivity index (χ1n) is 6.43. The van der Waals surface area contributed by atoms with E-state index in [1.165, 1.54) is 18.2 Å². The van der Waals surface area contributed by atoms with Crippen LogP contribution in [0.4, 0.5) is 0 Å². The van der Waals surface area contributed by atoms with Crippen LogP contribution in [-0.4, -0.2) is 34.2 Å². The fourth-order valence-corrected chi connectivity index (χ4v) is 2.70. The normalized spacial score (nSPS) is 11.4. The van der Waals surface area contributed by atoms with Crippen LogP contribution >= 0.6 is 15.9 Å². The lowest BCUT2D eigenvalue weighted by molar-refractivity contribution is 0.0313. The van der Waals surface area contributed by atoms with Crippen LogP contribution in [0.3, 0.4) is 0 Å². The highest BCUT2D eigenvalue weighted by Gasteiger charge is 2.15. The summed E-state index contributed by atoms with van der Waals surface area (Å²) in [5, 5.41) is 5.04. The van der Waals surface area contributed by atoms with Gasteiger partial charge >= 0.3 is 5.97 Å². The van der Waals surface area contributed by atoms with Crippen molar-refractivity contribution in [3.63, 3.8) is 0 Å². The predicted molar refractivity (Wildman–Crippen MR) is 81.5 cm³/mol. The van der Waals surface area contributed by atoms with Crippen LogP contribution in [0.1, 0.15) is 30.1 Å². The van der Waals surface area contributed by atoms with E-state index in [-0.39, 0.29) is 17.1 Å². The summed E-state index contributed by atoms with van der Waals surface area (Å²) >= 11 is 3.13. The van der Waals surface area contributed by atoms with Gasteiger partial charge in [0.15, 0.2) is 0 Å². The van der Waals surface area contributed by atoms with Gasteiger partial charge in [0, 0.05) is 11.1 Å². The van der Waals surface area contributed by atoms with Crippen LogP contribution in [0, 0.1) is 0 Å². The summed E-state index contributed by atoms with van der Waals surface area (Å²) in [7, 11) is -3.88. The molecule has 1 rings (SSSR count). The van der Waals surface area contributed by atoms with Gasteiger partial charge in [0.1, 0.15) is 6.61 Å². The van der Waals surface area contributed by atoms with Crippen molar-refractivity contribution in [2.45, 2.75) is 24.7 Å². The first-order valence-corrected chi connectivity index (χ1v) is 8.76. The lowest BCUT2D eigenvalue weighted by atomic mass is 10.2. The number of primary sulfonamides is 1. The Balaban J connectivity index is 2.60. The van der Waals surface area contributed by atoms with Crippen LogP contribution < -0.4 is 5.14 Å². The summed E-state index contributed by atoms with van der Waals surface area (Å²) < 4.78 is 33.3. The third-order valence-electron chi connectivity index (χ3n) is 2.54. The zero-order valence-corrected chi connectivity index (χ0v) is 14.1. The first kappa shape index (κ1) is 18.1. The van der Waals surface area contributed by atoms with Crippen molar-refractivity contribution in [1.29, 1.82) is 0 Å². The van der Waals surface area contributed by atoms with Crippen LogP contribution in [0.5, 0.6) is 0 Å². The van der Waals surface area contributed by atoms with E-state index < -0.39 is 16.0 Å². The average Bonchev–Trinajstić information content (AvgIpc) is 2.40. The Morgan fingerprint density at radius 3 is 2.57 bits per heavy atom. The molecule has 0 aliphatic rings. The molecule has 0 amide bonds. The van der Waals surface area contributed by atoms with Gasteiger partial charge in [-0.1, -0.05) is 29.3 Å². The summed E-state index contributed by atoms with van der Waals surface area (Å²) in [4.78, 5) is 11.7. The monoisotopic (exact) mass is 379 g/mol. The Bertz CT molecular complexity index is 588. The fraction of sp³-hybridized carbons (Fsp3) is 0.462. The number of ether oxygens (including phenoxy) is 2. The number of esters is 1. The van der Waals surface area contributed by atoms with Crippen molar-refractivity contribution >= 4 is 31.9 Å². The SMILES string of the molecule is CCCCOCCOC(=O)c1cc(Br)cc(S(N)(=O)=O)c1. The number of carbonyl (C=O) groups excluding carboxylic acids is 1. The highest BCUT2D eigenvalue weighted by molar-refractivity contribution is 9.10. The second-order valence-electron chi connectivity index (χ2n) is 4.32. The van der Waals surface area contributed by atoms with E-state index in [9.17, 15) is 13.2 Å². The lowest BCUT2D eigenvalue weighted by Gasteiger charge is -2.07. The molecule has 21 heavy (non-hydrogen) atoms. The number of sulfonamides is 1. The maximum Gasteiger partial charge on any atom is 0.338 e. The number of halogens is 1. The first-order chi connectivity index (χ1) is 9.84. The summed E-state index contributed by atoms with van der Waals surface area (Å²) in [5.74, 6) is -0.625. The minimum atomic E-state index is -3.88. The molecule has 1 aromatic rings. The molecule has 118 valence electrons. The number of rotatable bonds is 8. The van der Waals surface area contributed by atoms with Crippen molar-refractivity contribution in [1.82, 2.24) is 0 Å². The molecule has 0 saturated heterocycles. The summed E-state index contributed by atoms with van der Waals surface area (Å²) in [5.41, 5.74) is 0.113. The van der Waals surface area contributed by atoms with Gasteiger partial charge in [0.2, 0.25) is 10.0 Å². The molecule has 0 unspecified atom stereocenters. The van der Waals surface area contributed by atoms with Crippen LogP contribution in [0.25, 0.3) is 0 Å². The van der Waals surface area contributed by atoms with Gasteiger partial charge in [-0.25, -0.2) is 18.4 Å². The minimum absolute atomic E-state index is 0.111. The number of hydrogen-bond acceptors (Lipinski definition) is 5. The summed E-state index contributed by atoms with van der Waals surface area (Å²) in [6.45, 7) is 3.10. The van der Waals surface area contributed by atoms with Crippen LogP contribution in [-0.2, 0) is 19.5 Å². The molecular formula is C13H18BrNO5S. The van der Waals surface area contributed by atoms with Crippen molar-refractivity contribution in [3.8, 4) is 0 Å². The second kappa shape index (κ2) is 8.47. The van der Waals surface area contributed by atoms with Gasteiger partial charge in [0.25, 0.3) is 0 Å². The minimum Gasteiger partial charge on any atom is -0.460 e. The van der Waals surface area contributed by atoms with Gasteiger partial charge in [-0.2, -0.15) is 0 Å². The maximum atomic E-state index is 11.8. The zero-order valence-electron chi connectivity index (χ0n) is 11.7. The van der Waals surface area contributed by atoms with Crippen molar-refractivity contribution in [2.24, 2.45) is 5.14 Å². The number of nitrogens with two attached hydrogens (primary N) is 1. The fourth-order valence-electron chi connectivity index (χ4n) is 1.47. The number of carbonyl (C=O) groups is 1. The van der Waals surface area contributed by atoms with Gasteiger partial charge in [-0.3, -0.25) is 0 Å². The van der Waals surface area contributed by atoms with E-state index >= 15 is 0 Å². The molecule has 6 nitrogen and oxygen atoms in total. The van der Waals surface area contributed by atoms with Crippen molar-refractivity contribution in [2.75, 3.05) is 19.8 Å². The van der Waals surface area contributed by atoms with E-state index in [4.69, 9.17) is 14.6 Å². The molecule has 0 atom stereocenters. The Kier molecular flexibility index (Phi) is 7.30. The molecule has 0 heterocycles. The molecular weight excluding hydrogens is 362 g/mol. The molecule has 2 N–H and O–H groups in total. The average molecular weight is 380 g/mol. The topological polar surface area (TPSA) is 95.7 Å². The molecule has 8 heteroatoms. The summed E-state index contributed by atoms with van der Waals surface area (Å²) in [6.07, 6.45) is 1.99. The van der Waals surface area contributed by atoms with Gasteiger partial charge < -0.3 is 9.47 Å². The molecule has 0 aromatic heterocycles. The Labute approximate surface area is 132 Å². The maximum absolute atomic E-state index is 11.8. The molecule has 0 bridgehead atoms.